The van der Waals surface area contributed by atoms with Gasteiger partial charge in [0.1, 0.15) is 12.7 Å². The number of fused-ring (bicyclic) bond motifs is 1. The van der Waals surface area contributed by atoms with Gasteiger partial charge >= 0.3 is 5.97 Å². The summed E-state index contributed by atoms with van der Waals surface area (Å²) in [4.78, 5) is 30.3. The molecule has 3 rings (SSSR count). The van der Waals surface area contributed by atoms with Gasteiger partial charge in [-0.3, -0.25) is 9.69 Å². The summed E-state index contributed by atoms with van der Waals surface area (Å²) in [6, 6.07) is 7.15. The largest absolute Gasteiger partial charge is 0.486 e. The SMILES string of the molecule is CCOC(=O)c1c(C)[nH]c(C(=O)[C@H](C)N(C)C[C@@H]2COc3ccccc3O2)c1C. The first-order valence-corrected chi connectivity index (χ1v) is 9.82. The van der Waals surface area contributed by atoms with Gasteiger partial charge in [0, 0.05) is 12.2 Å². The van der Waals surface area contributed by atoms with Crippen LogP contribution in [-0.2, 0) is 4.74 Å². The Hall–Kier alpha value is -2.80. The Morgan fingerprint density at radius 3 is 2.66 bits per heavy atom. The summed E-state index contributed by atoms with van der Waals surface area (Å²) in [5, 5.41) is 0. The number of nitrogens with one attached hydrogen (secondary N) is 1. The van der Waals surface area contributed by atoms with E-state index < -0.39 is 12.0 Å². The number of rotatable bonds is 7. The van der Waals surface area contributed by atoms with E-state index in [9.17, 15) is 9.59 Å². The second-order valence-corrected chi connectivity index (χ2v) is 7.32. The van der Waals surface area contributed by atoms with Crippen molar-refractivity contribution < 1.29 is 23.8 Å². The van der Waals surface area contributed by atoms with Crippen LogP contribution in [-0.4, -0.2) is 60.6 Å². The topological polar surface area (TPSA) is 80.9 Å². The fraction of sp³-hybridized carbons (Fsp3) is 0.455. The van der Waals surface area contributed by atoms with Crippen molar-refractivity contribution in [2.75, 3.05) is 26.8 Å². The molecular formula is C22H28N2O5. The van der Waals surface area contributed by atoms with E-state index in [4.69, 9.17) is 14.2 Å². The molecule has 0 bridgehead atoms. The predicted octanol–water partition coefficient (Wildman–Crippen LogP) is 3.15. The average molecular weight is 400 g/mol. The zero-order chi connectivity index (χ0) is 21.1. The van der Waals surface area contributed by atoms with Gasteiger partial charge in [0.05, 0.1) is 23.9 Å². The Labute approximate surface area is 170 Å². The van der Waals surface area contributed by atoms with Gasteiger partial charge in [0.15, 0.2) is 17.3 Å². The number of aryl methyl sites for hydroxylation is 1. The molecule has 0 spiro atoms. The Morgan fingerprint density at radius 1 is 1.28 bits per heavy atom. The Morgan fingerprint density at radius 2 is 1.97 bits per heavy atom. The van der Waals surface area contributed by atoms with Crippen LogP contribution in [0.3, 0.4) is 0 Å². The highest BCUT2D eigenvalue weighted by Gasteiger charge is 2.30. The van der Waals surface area contributed by atoms with Crippen molar-refractivity contribution >= 4 is 11.8 Å². The molecule has 2 heterocycles. The third-order valence-corrected chi connectivity index (χ3v) is 5.26. The number of likely N-dealkylation sites (N-methyl/N-ethyl adjacent to an activating group) is 1. The maximum absolute atomic E-state index is 13.1. The molecule has 0 saturated heterocycles. The Kier molecular flexibility index (Phi) is 6.27. The summed E-state index contributed by atoms with van der Waals surface area (Å²) in [5.41, 5.74) is 2.14. The average Bonchev–Trinajstić information content (AvgIpc) is 3.01. The van der Waals surface area contributed by atoms with Crippen molar-refractivity contribution in [1.29, 1.82) is 0 Å². The summed E-state index contributed by atoms with van der Waals surface area (Å²) in [5.74, 6) is 0.955. The summed E-state index contributed by atoms with van der Waals surface area (Å²) < 4.78 is 16.9. The van der Waals surface area contributed by atoms with Gasteiger partial charge in [-0.1, -0.05) is 12.1 Å². The van der Waals surface area contributed by atoms with Crippen molar-refractivity contribution in [3.63, 3.8) is 0 Å². The zero-order valence-corrected chi connectivity index (χ0v) is 17.6. The van der Waals surface area contributed by atoms with Crippen LogP contribution in [0.25, 0.3) is 0 Å². The van der Waals surface area contributed by atoms with Gasteiger partial charge < -0.3 is 19.2 Å². The van der Waals surface area contributed by atoms with E-state index in [0.717, 1.165) is 5.75 Å². The molecular weight excluding hydrogens is 372 g/mol. The van der Waals surface area contributed by atoms with Gasteiger partial charge in [-0.2, -0.15) is 0 Å². The molecule has 0 saturated carbocycles. The minimum atomic E-state index is -0.412. The van der Waals surface area contributed by atoms with Crippen molar-refractivity contribution in [2.24, 2.45) is 0 Å². The quantitative estimate of drug-likeness (QED) is 0.568. The number of benzene rings is 1. The van der Waals surface area contributed by atoms with Crippen LogP contribution < -0.4 is 9.47 Å². The number of esters is 1. The van der Waals surface area contributed by atoms with E-state index in [-0.39, 0.29) is 18.5 Å². The number of ether oxygens (including phenoxy) is 3. The van der Waals surface area contributed by atoms with Crippen LogP contribution in [0.1, 0.15) is 46.0 Å². The maximum Gasteiger partial charge on any atom is 0.340 e. The smallest absolute Gasteiger partial charge is 0.340 e. The standard InChI is InChI=1S/C22H28N2O5/c1-6-27-22(26)19-13(2)20(23-14(19)3)21(25)15(4)24(5)11-16-12-28-17-9-7-8-10-18(17)29-16/h7-10,15-16,23H,6,11-12H2,1-5H3/t15-,16+/m0/s1. The van der Waals surface area contributed by atoms with Crippen molar-refractivity contribution in [3.8, 4) is 11.5 Å². The van der Waals surface area contributed by atoms with Gasteiger partial charge in [-0.15, -0.1) is 0 Å². The number of H-pyrrole nitrogens is 1. The lowest BCUT2D eigenvalue weighted by Crippen LogP contribution is -2.45. The number of aromatic nitrogens is 1. The Bertz CT molecular complexity index is 905. The zero-order valence-electron chi connectivity index (χ0n) is 17.6. The molecule has 1 aliphatic heterocycles. The van der Waals surface area contributed by atoms with Gasteiger partial charge in [0.2, 0.25) is 0 Å². The number of hydrogen-bond donors (Lipinski definition) is 1. The van der Waals surface area contributed by atoms with E-state index in [0.29, 0.717) is 41.4 Å². The lowest BCUT2D eigenvalue weighted by molar-refractivity contribution is 0.0520. The molecule has 0 unspecified atom stereocenters. The van der Waals surface area contributed by atoms with Crippen LogP contribution in [0, 0.1) is 13.8 Å². The number of carbonyl (C=O) groups is 2. The second kappa shape index (κ2) is 8.69. The van der Waals surface area contributed by atoms with E-state index in [1.165, 1.54) is 0 Å². The van der Waals surface area contributed by atoms with Gasteiger partial charge in [-0.05, 0) is 52.4 Å². The van der Waals surface area contributed by atoms with E-state index in [1.54, 1.807) is 20.8 Å². The lowest BCUT2D eigenvalue weighted by Gasteiger charge is -2.31. The van der Waals surface area contributed by atoms with Crippen LogP contribution >= 0.6 is 0 Å². The molecule has 1 N–H and O–H groups in total. The summed E-state index contributed by atoms with van der Waals surface area (Å²) >= 11 is 0. The predicted molar refractivity (Wildman–Crippen MR) is 109 cm³/mol. The highest BCUT2D eigenvalue weighted by molar-refractivity contribution is 6.03. The van der Waals surface area contributed by atoms with Crippen LogP contribution in [0.15, 0.2) is 24.3 Å². The fourth-order valence-corrected chi connectivity index (χ4v) is 3.55. The third-order valence-electron chi connectivity index (χ3n) is 5.26. The van der Waals surface area contributed by atoms with Crippen molar-refractivity contribution in [1.82, 2.24) is 9.88 Å². The number of carbonyl (C=O) groups excluding carboxylic acids is 2. The number of hydrogen-bond acceptors (Lipinski definition) is 6. The number of Topliss-reactive ketones (excluding diaryl/α,β-unsaturated/α-hetero) is 1. The second-order valence-electron chi connectivity index (χ2n) is 7.32. The summed E-state index contributed by atoms with van der Waals surface area (Å²) in [7, 11) is 1.88. The molecule has 0 fully saturated rings. The molecule has 29 heavy (non-hydrogen) atoms. The number of aromatic amines is 1. The van der Waals surface area contributed by atoms with Crippen LogP contribution in [0.2, 0.25) is 0 Å². The molecule has 156 valence electrons. The highest BCUT2D eigenvalue weighted by Crippen LogP contribution is 2.31. The molecule has 1 aromatic carbocycles. The van der Waals surface area contributed by atoms with E-state index in [1.807, 2.05) is 43.1 Å². The molecule has 1 aliphatic rings. The monoisotopic (exact) mass is 400 g/mol. The molecule has 2 atom stereocenters. The number of nitrogens with zero attached hydrogens (tertiary/aromatic N) is 1. The summed E-state index contributed by atoms with van der Waals surface area (Å²) in [6.45, 7) is 8.39. The molecule has 7 nitrogen and oxygen atoms in total. The first-order chi connectivity index (χ1) is 13.8. The van der Waals surface area contributed by atoms with Crippen molar-refractivity contribution in [2.45, 2.75) is 39.8 Å². The number of ketones is 1. The minimum Gasteiger partial charge on any atom is -0.486 e. The lowest BCUT2D eigenvalue weighted by atomic mass is 10.0. The molecule has 7 heteroatoms. The first-order valence-electron chi connectivity index (χ1n) is 9.82. The molecule has 0 aliphatic carbocycles. The molecule has 1 aromatic heterocycles. The van der Waals surface area contributed by atoms with Gasteiger partial charge in [-0.25, -0.2) is 4.79 Å². The Balaban J connectivity index is 1.69. The molecule has 0 amide bonds. The van der Waals surface area contributed by atoms with Gasteiger partial charge in [0.25, 0.3) is 0 Å². The van der Waals surface area contributed by atoms with E-state index in [2.05, 4.69) is 4.98 Å². The van der Waals surface area contributed by atoms with E-state index >= 15 is 0 Å². The van der Waals surface area contributed by atoms with Crippen LogP contribution in [0.5, 0.6) is 11.5 Å². The molecule has 2 aromatic rings. The maximum atomic E-state index is 13.1. The minimum absolute atomic E-state index is 0.0826. The highest BCUT2D eigenvalue weighted by atomic mass is 16.6. The normalized spacial score (nSPS) is 16.6. The van der Waals surface area contributed by atoms with Crippen LogP contribution in [0.4, 0.5) is 0 Å². The third kappa shape index (κ3) is 4.29. The van der Waals surface area contributed by atoms with Crippen molar-refractivity contribution in [3.05, 3.63) is 46.8 Å². The fourth-order valence-electron chi connectivity index (χ4n) is 3.55. The molecule has 0 radical (unpaired) electrons. The number of para-hydroxylation sites is 2. The first kappa shape index (κ1) is 20.9. The summed E-state index contributed by atoms with van der Waals surface area (Å²) in [6.07, 6.45) is -0.174.